The number of nitrogens with zero attached hydrogens (tertiary/aromatic N) is 1. The van der Waals surface area contributed by atoms with E-state index in [1.165, 1.54) is 23.6 Å². The van der Waals surface area contributed by atoms with E-state index in [1.54, 1.807) is 0 Å². The molecule has 0 aliphatic carbocycles. The number of fused-ring (bicyclic) bond motifs is 1. The lowest BCUT2D eigenvalue weighted by Gasteiger charge is -2.49. The second-order valence-corrected chi connectivity index (χ2v) is 18.7. The highest BCUT2D eigenvalue weighted by Crippen LogP contribution is 2.41. The zero-order chi connectivity index (χ0) is 22.1. The number of hydrogen-bond acceptors (Lipinski definition) is 8. The zero-order valence-electron chi connectivity index (χ0n) is 17.8. The van der Waals surface area contributed by atoms with Crippen molar-refractivity contribution in [3.8, 4) is 0 Å². The van der Waals surface area contributed by atoms with Gasteiger partial charge in [-0.3, -0.25) is 14.5 Å². The summed E-state index contributed by atoms with van der Waals surface area (Å²) >= 11 is 1.38. The topological polar surface area (TPSA) is 111 Å². The molecule has 2 aliphatic heterocycles. The molecule has 2 rings (SSSR count). The van der Waals surface area contributed by atoms with Gasteiger partial charge in [-0.15, -0.1) is 11.8 Å². The molecular weight excluding hydrogens is 432 g/mol. The number of ether oxygens (including phenoxy) is 1. The second kappa shape index (κ2) is 8.52. The van der Waals surface area contributed by atoms with Crippen molar-refractivity contribution in [2.75, 3.05) is 12.4 Å². The van der Waals surface area contributed by atoms with Crippen LogP contribution < -0.4 is 5.32 Å². The highest BCUT2D eigenvalue weighted by atomic mass is 32.2. The summed E-state index contributed by atoms with van der Waals surface area (Å²) in [4.78, 5) is 50.2. The number of β-lactam (4-membered cyclic amide) rings is 1. The molecule has 0 radical (unpaired) electrons. The molecule has 2 aliphatic rings. The molecule has 0 aromatic carbocycles. The molecule has 0 saturated carbocycles. The summed E-state index contributed by atoms with van der Waals surface area (Å²) in [6, 6.07) is -0.784. The Labute approximate surface area is 176 Å². The van der Waals surface area contributed by atoms with Crippen molar-refractivity contribution < 1.29 is 32.8 Å². The monoisotopic (exact) mass is 460 g/mol. The molecule has 1 unspecified atom stereocenters. The summed E-state index contributed by atoms with van der Waals surface area (Å²) in [7, 11) is -4.32. The minimum absolute atomic E-state index is 0.0925. The van der Waals surface area contributed by atoms with Crippen molar-refractivity contribution in [1.82, 2.24) is 10.2 Å². The van der Waals surface area contributed by atoms with Crippen LogP contribution in [0.25, 0.3) is 0 Å². The van der Waals surface area contributed by atoms with E-state index in [2.05, 4.69) is 5.32 Å². The third-order valence-electron chi connectivity index (χ3n) is 3.76. The van der Waals surface area contributed by atoms with Crippen molar-refractivity contribution in [3.63, 3.8) is 0 Å². The van der Waals surface area contributed by atoms with E-state index in [0.717, 1.165) is 0 Å². The molecule has 162 valence electrons. The Morgan fingerprint density at radius 1 is 1.10 bits per heavy atom. The predicted octanol–water partition coefficient (Wildman–Crippen LogP) is 2.03. The third kappa shape index (κ3) is 6.09. The normalized spacial score (nSPS) is 21.8. The number of carbonyl (C=O) groups excluding carboxylic acids is 4. The van der Waals surface area contributed by atoms with Crippen LogP contribution >= 0.6 is 11.8 Å². The minimum Gasteiger partial charge on any atom is -0.515 e. The number of amides is 2. The van der Waals surface area contributed by atoms with Crippen LogP contribution in [0.1, 0.15) is 6.92 Å². The Morgan fingerprint density at radius 2 is 1.69 bits per heavy atom. The first-order valence-corrected chi connectivity index (χ1v) is 17.1. The van der Waals surface area contributed by atoms with Gasteiger partial charge in [-0.25, -0.2) is 9.59 Å². The summed E-state index contributed by atoms with van der Waals surface area (Å²) in [6.45, 7) is 12.4. The fourth-order valence-corrected chi connectivity index (χ4v) is 5.33. The number of thioether (sulfide) groups is 1. The standard InChI is InChI=1S/C17H28N2O7SSi2/c1-10(20)24-8-11-9-27-15-12(18-17(23)26-29(5,6)7)14(21)19(15)13(11)16(22)25-28(2,3)4/h12,15H,8-9H2,1-7H3,(H,18,23)/t12?,15-/m0/s1. The van der Waals surface area contributed by atoms with Crippen molar-refractivity contribution in [1.29, 1.82) is 0 Å². The maximum Gasteiger partial charge on any atom is 0.394 e. The number of hydrogen-bond donors (Lipinski definition) is 1. The van der Waals surface area contributed by atoms with Gasteiger partial charge in [0.2, 0.25) is 16.6 Å². The van der Waals surface area contributed by atoms with Crippen molar-refractivity contribution in [2.24, 2.45) is 0 Å². The van der Waals surface area contributed by atoms with Gasteiger partial charge in [-0.05, 0) is 39.3 Å². The van der Waals surface area contributed by atoms with Gasteiger partial charge in [0.15, 0.2) is 0 Å². The van der Waals surface area contributed by atoms with E-state index in [1.807, 2.05) is 39.3 Å². The fourth-order valence-electron chi connectivity index (χ4n) is 2.73. The van der Waals surface area contributed by atoms with Gasteiger partial charge in [0, 0.05) is 18.2 Å². The van der Waals surface area contributed by atoms with E-state index < -0.39 is 52.0 Å². The molecule has 1 saturated heterocycles. The summed E-state index contributed by atoms with van der Waals surface area (Å²) in [5.41, 5.74) is 0.625. The Bertz CT molecular complexity index is 758. The molecule has 0 aromatic rings. The van der Waals surface area contributed by atoms with E-state index >= 15 is 0 Å². The highest BCUT2D eigenvalue weighted by molar-refractivity contribution is 8.00. The van der Waals surface area contributed by atoms with Crippen LogP contribution in [0, 0.1) is 0 Å². The van der Waals surface area contributed by atoms with E-state index in [4.69, 9.17) is 13.6 Å². The number of esters is 1. The van der Waals surface area contributed by atoms with Crippen LogP contribution in [0.5, 0.6) is 0 Å². The van der Waals surface area contributed by atoms with Gasteiger partial charge in [-0.1, -0.05) is 0 Å². The molecule has 2 heterocycles. The summed E-state index contributed by atoms with van der Waals surface area (Å²) < 4.78 is 16.0. The Morgan fingerprint density at radius 3 is 2.21 bits per heavy atom. The van der Waals surface area contributed by atoms with Crippen molar-refractivity contribution in [2.45, 2.75) is 57.6 Å². The molecule has 1 N–H and O–H groups in total. The first-order valence-electron chi connectivity index (χ1n) is 9.22. The summed E-state index contributed by atoms with van der Waals surface area (Å²) in [6.07, 6.45) is -0.635. The Kier molecular flexibility index (Phi) is 6.90. The van der Waals surface area contributed by atoms with Crippen LogP contribution in [-0.4, -0.2) is 69.2 Å². The minimum atomic E-state index is -2.22. The van der Waals surface area contributed by atoms with Gasteiger partial charge in [0.1, 0.15) is 23.7 Å². The zero-order valence-corrected chi connectivity index (χ0v) is 20.6. The fraction of sp³-hybridized carbons (Fsp3) is 0.647. The van der Waals surface area contributed by atoms with E-state index in [9.17, 15) is 19.2 Å². The SMILES string of the molecule is CC(=O)OCC1=C(C(=O)O[Si](C)(C)C)N2C(=O)C(NC(=O)O[Si](C)(C)C)[C@@H]2SC1. The summed E-state index contributed by atoms with van der Waals surface area (Å²) in [5, 5.41) is 2.16. The third-order valence-corrected chi connectivity index (χ3v) is 6.70. The van der Waals surface area contributed by atoms with Crippen molar-refractivity contribution >= 4 is 52.3 Å². The largest absolute Gasteiger partial charge is 0.515 e. The second-order valence-electron chi connectivity index (χ2n) is 8.77. The average molecular weight is 461 g/mol. The molecule has 0 aromatic heterocycles. The molecule has 2 atom stereocenters. The lowest BCUT2D eigenvalue weighted by atomic mass is 10.0. The Hall–Kier alpha value is -1.80. The van der Waals surface area contributed by atoms with Crippen LogP contribution in [-0.2, 0) is 28.0 Å². The molecule has 29 heavy (non-hydrogen) atoms. The van der Waals surface area contributed by atoms with E-state index in [0.29, 0.717) is 11.3 Å². The van der Waals surface area contributed by atoms with Gasteiger partial charge in [0.05, 0.1) is 0 Å². The average Bonchev–Trinajstić information content (AvgIpc) is 2.53. The molecule has 0 spiro atoms. The number of nitrogens with one attached hydrogen (secondary N) is 1. The van der Waals surface area contributed by atoms with Gasteiger partial charge < -0.3 is 18.9 Å². The maximum atomic E-state index is 12.8. The first-order chi connectivity index (χ1) is 13.2. The van der Waals surface area contributed by atoms with Gasteiger partial charge in [0.25, 0.3) is 5.91 Å². The van der Waals surface area contributed by atoms with Crippen LogP contribution in [0.4, 0.5) is 4.79 Å². The van der Waals surface area contributed by atoms with Crippen LogP contribution in [0.2, 0.25) is 39.3 Å². The molecule has 2 amide bonds. The van der Waals surface area contributed by atoms with Crippen LogP contribution in [0.15, 0.2) is 11.3 Å². The highest BCUT2D eigenvalue weighted by Gasteiger charge is 2.55. The number of rotatable bonds is 6. The quantitative estimate of drug-likeness (QED) is 0.364. The lowest BCUT2D eigenvalue weighted by Crippen LogP contribution is -2.71. The lowest BCUT2D eigenvalue weighted by molar-refractivity contribution is -0.148. The smallest absolute Gasteiger partial charge is 0.394 e. The molecule has 1 fully saturated rings. The van der Waals surface area contributed by atoms with Gasteiger partial charge in [-0.2, -0.15) is 0 Å². The van der Waals surface area contributed by atoms with Crippen molar-refractivity contribution in [3.05, 3.63) is 11.3 Å². The number of carbonyl (C=O) groups is 4. The van der Waals surface area contributed by atoms with Gasteiger partial charge >= 0.3 is 18.0 Å². The predicted molar refractivity (Wildman–Crippen MR) is 113 cm³/mol. The molecular formula is C17H28N2O7SSi2. The maximum absolute atomic E-state index is 12.8. The van der Waals surface area contributed by atoms with Crippen LogP contribution in [0.3, 0.4) is 0 Å². The molecule has 12 heteroatoms. The van der Waals surface area contributed by atoms with E-state index in [-0.39, 0.29) is 12.3 Å². The molecule has 9 nitrogen and oxygen atoms in total. The first kappa shape index (κ1) is 23.5. The summed E-state index contributed by atoms with van der Waals surface area (Å²) in [5.74, 6) is -1.13. The molecule has 0 bridgehead atoms. The Balaban J connectivity index is 2.23.